The van der Waals surface area contributed by atoms with E-state index in [9.17, 15) is 49.1 Å². The first-order valence-electron chi connectivity index (χ1n) is 14.6. The van der Waals surface area contributed by atoms with E-state index in [4.69, 9.17) is 0 Å². The van der Waals surface area contributed by atoms with Crippen LogP contribution in [0.3, 0.4) is 0 Å². The number of aromatic hydroxyl groups is 2. The fraction of sp³-hybridized carbons (Fsp3) is 0.0303. The number of aryl methyl sites for hydroxylation is 1. The SMILES string of the molecule is Cc1cc(N=Nc2c(S(=O)(=O)[O-])cc3cc(Nc4ccccc4)ccc3c2O)c(O)cc1N=Nc1cc(S(=O)(=O)[O-])c2cccc(S(=O)(=O)[O-])c2c1.[Cu].[Na+].[Na+].[Na+]. The summed E-state index contributed by atoms with van der Waals surface area (Å²) in [4.78, 5) is -2.51. The molecule has 0 aliphatic rings. The number of fused-ring (bicyclic) bond motifs is 2. The van der Waals surface area contributed by atoms with E-state index < -0.39 is 62.2 Å². The van der Waals surface area contributed by atoms with Crippen molar-refractivity contribution in [2.24, 2.45) is 20.5 Å². The average Bonchev–Trinajstić information content (AvgIpc) is 3.06. The predicted molar refractivity (Wildman–Crippen MR) is 184 cm³/mol. The Balaban J connectivity index is 0.00000271. The molecule has 0 spiro atoms. The zero-order valence-corrected chi connectivity index (χ0v) is 39.0. The molecule has 1 radical (unpaired) electrons. The van der Waals surface area contributed by atoms with E-state index in [-0.39, 0.29) is 150 Å². The number of nitrogens with one attached hydrogen (secondary N) is 1. The molecule has 0 heterocycles. The number of para-hydroxylation sites is 1. The van der Waals surface area contributed by atoms with Gasteiger partial charge in [0.15, 0.2) is 5.75 Å². The van der Waals surface area contributed by atoms with Gasteiger partial charge in [-0.05, 0) is 78.5 Å². The molecule has 6 rings (SSSR count). The first-order valence-corrected chi connectivity index (χ1v) is 18.9. The largest absolute Gasteiger partial charge is 1.00 e. The maximum absolute atomic E-state index is 12.3. The molecule has 0 saturated heterocycles. The number of phenols is 2. The van der Waals surface area contributed by atoms with Gasteiger partial charge in [0.05, 0.1) is 26.1 Å². The van der Waals surface area contributed by atoms with Gasteiger partial charge in [-0.3, -0.25) is 0 Å². The van der Waals surface area contributed by atoms with Crippen molar-refractivity contribution in [1.82, 2.24) is 0 Å². The van der Waals surface area contributed by atoms with Gasteiger partial charge in [-0.15, -0.1) is 10.2 Å². The van der Waals surface area contributed by atoms with Gasteiger partial charge in [0.1, 0.15) is 47.5 Å². The normalized spacial score (nSPS) is 11.8. The minimum atomic E-state index is -5.20. The third-order valence-electron chi connectivity index (χ3n) is 7.65. The molecule has 3 N–H and O–H groups in total. The number of benzene rings is 6. The summed E-state index contributed by atoms with van der Waals surface area (Å²) in [6, 6.07) is 22.1. The standard InChI is InChI=1S/C33H25N5O11S3.Cu.3Na/c1-18-12-27(28(39)17-26(18)36-35-22-15-25-24(30(16-22)51(44,45)46)8-5-9-29(25)50(41,42)43)37-38-32-31(52(47,48)49)14-19-13-21(10-11-23(19)33(32)40)34-20-6-3-2-4-7-20;;;;/h2-17,34,39-40H,1H3,(H,41,42,43)(H,44,45,46)(H,47,48,49);;;;/q;;3*+1/p-3. The van der Waals surface area contributed by atoms with Gasteiger partial charge in [-0.25, -0.2) is 25.3 Å². The first kappa shape index (κ1) is 49.8. The van der Waals surface area contributed by atoms with Crippen LogP contribution in [0, 0.1) is 6.92 Å². The van der Waals surface area contributed by atoms with E-state index in [1.54, 1.807) is 18.2 Å². The van der Waals surface area contributed by atoms with Gasteiger partial charge >= 0.3 is 88.7 Å². The third-order valence-corrected chi connectivity index (χ3v) is 10.3. The van der Waals surface area contributed by atoms with Crippen molar-refractivity contribution in [2.75, 3.05) is 5.32 Å². The number of nitrogens with zero attached hydrogens (tertiary/aromatic N) is 4. The molecule has 0 amide bonds. The minimum absolute atomic E-state index is 0. The van der Waals surface area contributed by atoms with Crippen molar-refractivity contribution >= 4 is 86.0 Å². The molecule has 0 atom stereocenters. The second kappa shape index (κ2) is 19.6. The van der Waals surface area contributed by atoms with Gasteiger partial charge in [0.25, 0.3) is 0 Å². The minimum Gasteiger partial charge on any atom is -0.744 e. The smallest absolute Gasteiger partial charge is 0.744 e. The Morgan fingerprint density at radius 1 is 0.554 bits per heavy atom. The van der Waals surface area contributed by atoms with Crippen LogP contribution in [-0.4, -0.2) is 49.1 Å². The molecule has 0 aromatic heterocycles. The van der Waals surface area contributed by atoms with Gasteiger partial charge in [-0.2, -0.15) is 10.2 Å². The Hall–Kier alpha value is -2.31. The number of hydrogen-bond acceptors (Lipinski definition) is 16. The zero-order valence-electron chi connectivity index (χ0n) is 29.6. The summed E-state index contributed by atoms with van der Waals surface area (Å²) in [6.07, 6.45) is 0. The molecular weight excluding hydrogens is 871 g/mol. The second-order valence-electron chi connectivity index (χ2n) is 11.2. The monoisotopic (exact) mass is 892 g/mol. The van der Waals surface area contributed by atoms with Crippen LogP contribution in [0.4, 0.5) is 34.1 Å². The molecule has 16 nitrogen and oxygen atoms in total. The van der Waals surface area contributed by atoms with Crippen molar-refractivity contribution < 1.29 is 155 Å². The van der Waals surface area contributed by atoms with Crippen molar-refractivity contribution in [1.29, 1.82) is 0 Å². The summed E-state index contributed by atoms with van der Waals surface area (Å²) in [5.74, 6) is -1.24. The molecule has 6 aromatic carbocycles. The first-order chi connectivity index (χ1) is 24.4. The zero-order chi connectivity index (χ0) is 37.6. The van der Waals surface area contributed by atoms with E-state index in [2.05, 4.69) is 25.8 Å². The Bertz CT molecular complexity index is 2850. The van der Waals surface area contributed by atoms with Crippen LogP contribution in [0.1, 0.15) is 5.56 Å². The fourth-order valence-electron chi connectivity index (χ4n) is 5.27. The van der Waals surface area contributed by atoms with Crippen LogP contribution < -0.4 is 94.0 Å². The van der Waals surface area contributed by atoms with Crippen molar-refractivity contribution in [3.05, 3.63) is 103 Å². The van der Waals surface area contributed by atoms with Crippen molar-refractivity contribution in [3.63, 3.8) is 0 Å². The summed E-state index contributed by atoms with van der Waals surface area (Å²) in [7, 11) is -15.5. The topological polar surface area (TPSA) is 274 Å². The summed E-state index contributed by atoms with van der Waals surface area (Å²) in [5.41, 5.74) is 0.283. The maximum atomic E-state index is 12.3. The van der Waals surface area contributed by atoms with E-state index in [0.29, 0.717) is 5.69 Å². The van der Waals surface area contributed by atoms with E-state index in [0.717, 1.165) is 48.2 Å². The van der Waals surface area contributed by atoms with E-state index in [1.165, 1.54) is 25.1 Å². The molecule has 56 heavy (non-hydrogen) atoms. The van der Waals surface area contributed by atoms with Crippen LogP contribution in [0.25, 0.3) is 21.5 Å². The number of anilines is 2. The Morgan fingerprint density at radius 2 is 1.18 bits per heavy atom. The van der Waals surface area contributed by atoms with Crippen LogP contribution in [0.5, 0.6) is 11.5 Å². The van der Waals surface area contributed by atoms with Crippen LogP contribution >= 0.6 is 0 Å². The number of rotatable bonds is 9. The molecule has 0 unspecified atom stereocenters. The second-order valence-corrected chi connectivity index (χ2v) is 15.2. The number of phenolic OH excluding ortho intramolecular Hbond substituents is 2. The fourth-order valence-corrected chi connectivity index (χ4v) is 7.31. The van der Waals surface area contributed by atoms with Gasteiger partial charge < -0.3 is 29.2 Å². The quantitative estimate of drug-likeness (QED) is 0.0809. The van der Waals surface area contributed by atoms with Gasteiger partial charge in [-0.1, -0.05) is 30.3 Å². The molecule has 0 fully saturated rings. The molecule has 6 aromatic rings. The maximum Gasteiger partial charge on any atom is 1.00 e. The summed E-state index contributed by atoms with van der Waals surface area (Å²) < 4.78 is 108. The van der Waals surface area contributed by atoms with Crippen molar-refractivity contribution in [2.45, 2.75) is 21.6 Å². The van der Waals surface area contributed by atoms with E-state index >= 15 is 0 Å². The summed E-state index contributed by atoms with van der Waals surface area (Å²) in [6.45, 7) is 1.49. The summed E-state index contributed by atoms with van der Waals surface area (Å²) >= 11 is 0. The molecule has 0 saturated carbocycles. The molecule has 277 valence electrons. The van der Waals surface area contributed by atoms with Crippen LogP contribution in [-0.2, 0) is 47.4 Å². The number of azo groups is 2. The van der Waals surface area contributed by atoms with Gasteiger partial charge in [0.2, 0.25) is 0 Å². The Kier molecular flexibility index (Phi) is 17.5. The van der Waals surface area contributed by atoms with Gasteiger partial charge in [0, 0.05) is 50.7 Å². The van der Waals surface area contributed by atoms with Crippen molar-refractivity contribution in [3.8, 4) is 11.5 Å². The summed E-state index contributed by atoms with van der Waals surface area (Å²) in [5, 5.41) is 40.0. The van der Waals surface area contributed by atoms with E-state index in [1.807, 2.05) is 18.2 Å². The van der Waals surface area contributed by atoms with Crippen LogP contribution in [0.2, 0.25) is 0 Å². The molecular formula is C33H22CuN5Na3O11S3. The average molecular weight is 893 g/mol. The van der Waals surface area contributed by atoms with Crippen LogP contribution in [0.15, 0.2) is 132 Å². The predicted octanol–water partition coefficient (Wildman–Crippen LogP) is -1.99. The molecule has 0 bridgehead atoms. The molecule has 0 aliphatic heterocycles. The third kappa shape index (κ3) is 11.2. The Labute approximate surface area is 397 Å². The molecule has 23 heteroatoms. The Morgan fingerprint density at radius 3 is 1.80 bits per heavy atom. The number of hydrogen-bond donors (Lipinski definition) is 3. The molecule has 0 aliphatic carbocycles.